The molecule has 0 aliphatic carbocycles. The maximum atomic E-state index is 12.2. The Balaban J connectivity index is 1.86. The smallest absolute Gasteiger partial charge is 0.281 e. The van der Waals surface area contributed by atoms with Gasteiger partial charge in [-0.05, 0) is 42.9 Å². The fraction of sp³-hybridized carbons (Fsp3) is 0.632. The molecule has 8 nitrogen and oxygen atoms in total. The van der Waals surface area contributed by atoms with Crippen molar-refractivity contribution in [2.75, 3.05) is 51.8 Å². The van der Waals surface area contributed by atoms with Crippen molar-refractivity contribution in [3.05, 3.63) is 29.3 Å². The topological polar surface area (TPSA) is 107 Å². The lowest BCUT2D eigenvalue weighted by molar-refractivity contribution is 0.100. The summed E-state index contributed by atoms with van der Waals surface area (Å²) in [5.41, 5.74) is 7.94. The number of primary amides is 1. The van der Waals surface area contributed by atoms with Crippen molar-refractivity contribution in [3.63, 3.8) is 0 Å². The van der Waals surface area contributed by atoms with Crippen molar-refractivity contribution >= 4 is 21.8 Å². The average Bonchev–Trinajstić information content (AvgIpc) is 2.66. The molecule has 2 saturated heterocycles. The summed E-state index contributed by atoms with van der Waals surface area (Å²) in [4.78, 5) is 14.2. The molecule has 2 heterocycles. The van der Waals surface area contributed by atoms with Gasteiger partial charge in [-0.15, -0.1) is 0 Å². The molecule has 1 aromatic carbocycles. The number of nitrogens with zero attached hydrogens (tertiary/aromatic N) is 3. The summed E-state index contributed by atoms with van der Waals surface area (Å²) in [6.45, 7) is 2.64. The number of hydrogen-bond acceptors (Lipinski definition) is 5. The number of likely N-dealkylation sites (N-methyl/N-ethyl adjacent to an activating group) is 2. The Morgan fingerprint density at radius 1 is 1.18 bits per heavy atom. The van der Waals surface area contributed by atoms with Crippen LogP contribution in [0.3, 0.4) is 0 Å². The van der Waals surface area contributed by atoms with Gasteiger partial charge in [0.1, 0.15) is 0 Å². The van der Waals surface area contributed by atoms with E-state index in [-0.39, 0.29) is 12.5 Å². The van der Waals surface area contributed by atoms with Crippen LogP contribution in [0.2, 0.25) is 0 Å². The number of nitrogens with two attached hydrogens (primary N) is 1. The third-order valence-corrected chi connectivity index (χ3v) is 7.87. The summed E-state index contributed by atoms with van der Waals surface area (Å²) in [6, 6.07) is 5.64. The zero-order valence-corrected chi connectivity index (χ0v) is 17.4. The molecule has 1 aromatic rings. The summed E-state index contributed by atoms with van der Waals surface area (Å²) < 4.78 is 27.1. The number of aliphatic hydroxyl groups is 1. The highest BCUT2D eigenvalue weighted by molar-refractivity contribution is 7.86. The minimum absolute atomic E-state index is 0.0196. The van der Waals surface area contributed by atoms with E-state index in [2.05, 4.69) is 4.90 Å². The Bertz CT molecular complexity index is 803. The van der Waals surface area contributed by atoms with Crippen LogP contribution in [-0.2, 0) is 10.2 Å². The largest absolute Gasteiger partial charge is 0.396 e. The van der Waals surface area contributed by atoms with Gasteiger partial charge < -0.3 is 15.7 Å². The molecule has 28 heavy (non-hydrogen) atoms. The third-order valence-electron chi connectivity index (χ3n) is 5.99. The lowest BCUT2D eigenvalue weighted by atomic mass is 9.92. The van der Waals surface area contributed by atoms with Gasteiger partial charge in [0.15, 0.2) is 0 Å². The maximum absolute atomic E-state index is 12.2. The van der Waals surface area contributed by atoms with Crippen LogP contribution in [0.15, 0.2) is 18.2 Å². The number of anilines is 1. The van der Waals surface area contributed by atoms with E-state index >= 15 is 0 Å². The molecular formula is C19H30N4O4S. The molecule has 0 spiro atoms. The van der Waals surface area contributed by atoms with Crippen molar-refractivity contribution in [2.45, 2.75) is 25.2 Å². The standard InChI is InChI=1S/C19H30N4O4S/c1-21-12-16(13-22(2)28(21,26)27)15-3-4-17(19(20)25)18(11-15)23-8-5-14(6-9-23)7-10-24/h3-4,11,14,16,24H,5-10,12-13H2,1-2H3,(H2,20,25). The van der Waals surface area contributed by atoms with Crippen molar-refractivity contribution in [2.24, 2.45) is 11.7 Å². The highest BCUT2D eigenvalue weighted by Gasteiger charge is 2.34. The summed E-state index contributed by atoms with van der Waals surface area (Å²) in [6.07, 6.45) is 2.75. The van der Waals surface area contributed by atoms with Crippen LogP contribution < -0.4 is 10.6 Å². The molecule has 1 amide bonds. The number of amides is 1. The van der Waals surface area contributed by atoms with Crippen LogP contribution >= 0.6 is 0 Å². The number of aliphatic hydroxyl groups excluding tert-OH is 1. The van der Waals surface area contributed by atoms with Gasteiger partial charge >= 0.3 is 0 Å². The molecule has 0 unspecified atom stereocenters. The maximum Gasteiger partial charge on any atom is 0.281 e. The quantitative estimate of drug-likeness (QED) is 0.739. The van der Waals surface area contributed by atoms with Gasteiger partial charge in [-0.1, -0.05) is 6.07 Å². The molecule has 0 aromatic heterocycles. The third kappa shape index (κ3) is 4.17. The van der Waals surface area contributed by atoms with Gasteiger partial charge in [-0.2, -0.15) is 17.0 Å². The van der Waals surface area contributed by atoms with E-state index in [1.165, 1.54) is 8.61 Å². The molecule has 2 aliphatic rings. The molecular weight excluding hydrogens is 380 g/mol. The second kappa shape index (κ2) is 8.36. The second-order valence-corrected chi connectivity index (χ2v) is 9.99. The Morgan fingerprint density at radius 2 is 1.79 bits per heavy atom. The highest BCUT2D eigenvalue weighted by Crippen LogP contribution is 2.32. The van der Waals surface area contributed by atoms with Gasteiger partial charge in [0.25, 0.3) is 16.1 Å². The monoisotopic (exact) mass is 410 g/mol. The molecule has 3 rings (SSSR count). The van der Waals surface area contributed by atoms with E-state index in [0.717, 1.165) is 43.6 Å². The molecule has 3 N–H and O–H groups in total. The Hall–Kier alpha value is -1.68. The fourth-order valence-electron chi connectivity index (χ4n) is 4.23. The van der Waals surface area contributed by atoms with E-state index in [0.29, 0.717) is 24.6 Å². The first-order chi connectivity index (χ1) is 13.2. The first kappa shape index (κ1) is 21.0. The number of hydrogen-bond donors (Lipinski definition) is 2. The van der Waals surface area contributed by atoms with E-state index in [9.17, 15) is 13.2 Å². The Labute approximate surface area is 167 Å². The van der Waals surface area contributed by atoms with Crippen LogP contribution in [0.1, 0.15) is 41.1 Å². The zero-order valence-electron chi connectivity index (χ0n) is 16.5. The van der Waals surface area contributed by atoms with Crippen LogP contribution in [-0.4, -0.2) is 74.9 Å². The predicted octanol–water partition coefficient (Wildman–Crippen LogP) is 0.590. The second-order valence-electron chi connectivity index (χ2n) is 7.85. The van der Waals surface area contributed by atoms with Crippen LogP contribution in [0, 0.1) is 5.92 Å². The molecule has 2 aliphatic heterocycles. The lowest BCUT2D eigenvalue weighted by Crippen LogP contribution is -2.49. The van der Waals surface area contributed by atoms with Gasteiger partial charge in [-0.25, -0.2) is 0 Å². The number of benzene rings is 1. The van der Waals surface area contributed by atoms with E-state index in [1.807, 2.05) is 12.1 Å². The normalized spacial score (nSPS) is 22.5. The Kier molecular flexibility index (Phi) is 6.28. The van der Waals surface area contributed by atoms with Crippen molar-refractivity contribution in [1.29, 1.82) is 0 Å². The molecule has 0 saturated carbocycles. The number of piperidine rings is 1. The predicted molar refractivity (Wildman–Crippen MR) is 109 cm³/mol. The number of rotatable bonds is 5. The average molecular weight is 411 g/mol. The lowest BCUT2D eigenvalue weighted by Gasteiger charge is -2.37. The summed E-state index contributed by atoms with van der Waals surface area (Å²) in [7, 11) is -0.211. The fourth-order valence-corrected chi connectivity index (χ4v) is 5.45. The first-order valence-corrected chi connectivity index (χ1v) is 11.1. The number of carbonyl (C=O) groups is 1. The van der Waals surface area contributed by atoms with Crippen LogP contribution in [0.4, 0.5) is 5.69 Å². The summed E-state index contributed by atoms with van der Waals surface area (Å²) in [5, 5.41) is 9.15. The minimum atomic E-state index is -3.38. The van der Waals surface area contributed by atoms with Gasteiger partial charge in [-0.3, -0.25) is 4.79 Å². The van der Waals surface area contributed by atoms with E-state index in [4.69, 9.17) is 10.8 Å². The van der Waals surface area contributed by atoms with Gasteiger partial charge in [0, 0.05) is 58.5 Å². The summed E-state index contributed by atoms with van der Waals surface area (Å²) in [5.74, 6) is 0.0675. The van der Waals surface area contributed by atoms with E-state index in [1.54, 1.807) is 20.2 Å². The molecule has 156 valence electrons. The number of carbonyl (C=O) groups excluding carboxylic acids is 1. The molecule has 0 bridgehead atoms. The van der Waals surface area contributed by atoms with Crippen LogP contribution in [0.25, 0.3) is 0 Å². The van der Waals surface area contributed by atoms with Crippen molar-refractivity contribution in [1.82, 2.24) is 8.61 Å². The minimum Gasteiger partial charge on any atom is -0.396 e. The van der Waals surface area contributed by atoms with Crippen molar-refractivity contribution in [3.8, 4) is 0 Å². The molecule has 9 heteroatoms. The summed E-state index contributed by atoms with van der Waals surface area (Å²) >= 11 is 0. The van der Waals surface area contributed by atoms with Crippen LogP contribution in [0.5, 0.6) is 0 Å². The SMILES string of the molecule is CN1CC(c2ccc(C(N)=O)c(N3CCC(CCO)CC3)c2)CN(C)S1(=O)=O. The van der Waals surface area contributed by atoms with Gasteiger partial charge in [0.05, 0.1) is 5.56 Å². The first-order valence-electron chi connectivity index (χ1n) is 9.71. The molecule has 0 atom stereocenters. The molecule has 0 radical (unpaired) electrons. The Morgan fingerprint density at radius 3 is 2.32 bits per heavy atom. The van der Waals surface area contributed by atoms with Crippen molar-refractivity contribution < 1.29 is 18.3 Å². The highest BCUT2D eigenvalue weighted by atomic mass is 32.2. The van der Waals surface area contributed by atoms with E-state index < -0.39 is 16.1 Å². The zero-order chi connectivity index (χ0) is 20.5. The van der Waals surface area contributed by atoms with Gasteiger partial charge in [0.2, 0.25) is 0 Å². The molecule has 2 fully saturated rings.